The zero-order valence-corrected chi connectivity index (χ0v) is 15.5. The molecular weight excluding hydrogens is 379 g/mol. The van der Waals surface area contributed by atoms with Crippen LogP contribution in [0, 0.1) is 0 Å². The first-order valence-corrected chi connectivity index (χ1v) is 9.34. The second-order valence-electron chi connectivity index (χ2n) is 5.79. The van der Waals surface area contributed by atoms with Gasteiger partial charge in [0, 0.05) is 34.8 Å². The van der Waals surface area contributed by atoms with Crippen LogP contribution in [0.25, 0.3) is 21.3 Å². The zero-order valence-electron chi connectivity index (χ0n) is 13.1. The highest BCUT2D eigenvalue weighted by Gasteiger charge is 2.27. The largest absolute Gasteiger partial charge is 0.336 e. The van der Waals surface area contributed by atoms with Crippen LogP contribution in [0.1, 0.15) is 10.4 Å². The number of fused-ring (bicyclic) bond motifs is 3. The summed E-state index contributed by atoms with van der Waals surface area (Å²) in [5, 5.41) is 2.10. The smallest absolute Gasteiger partial charge is 0.236 e. The minimum absolute atomic E-state index is 0.0255. The molecule has 4 rings (SSSR count). The summed E-state index contributed by atoms with van der Waals surface area (Å²) >= 11 is 14.4. The molecule has 5 nitrogen and oxygen atoms in total. The minimum atomic E-state index is -0.0404. The summed E-state index contributed by atoms with van der Waals surface area (Å²) in [6.07, 6.45) is 5.77. The summed E-state index contributed by atoms with van der Waals surface area (Å²) in [5.41, 5.74) is 8.39. The number of aromatic nitrogens is 2. The monoisotopic (exact) mass is 392 g/mol. The lowest BCUT2D eigenvalue weighted by Gasteiger charge is -2.26. The van der Waals surface area contributed by atoms with Crippen LogP contribution in [0.4, 0.5) is 0 Å². The van der Waals surface area contributed by atoms with E-state index in [0.717, 1.165) is 32.6 Å². The molecule has 0 aliphatic carbocycles. The molecule has 0 spiro atoms. The fraction of sp³-hybridized carbons (Fsp3) is 0.235. The summed E-state index contributed by atoms with van der Waals surface area (Å²) in [7, 11) is 0. The van der Waals surface area contributed by atoms with E-state index >= 15 is 0 Å². The molecule has 128 valence electrons. The Hall–Kier alpha value is -1.73. The molecule has 2 N–H and O–H groups in total. The van der Waals surface area contributed by atoms with Gasteiger partial charge in [0.05, 0.1) is 39.7 Å². The van der Waals surface area contributed by atoms with Gasteiger partial charge in [-0.15, -0.1) is 11.3 Å². The molecule has 25 heavy (non-hydrogen) atoms. The summed E-state index contributed by atoms with van der Waals surface area (Å²) in [5.74, 6) is -0.0404. The van der Waals surface area contributed by atoms with E-state index in [2.05, 4.69) is 9.97 Å². The van der Waals surface area contributed by atoms with E-state index in [4.69, 9.17) is 28.9 Å². The number of nitrogens with two attached hydrogens (primary N) is 1. The van der Waals surface area contributed by atoms with Gasteiger partial charge in [0.25, 0.3) is 0 Å². The number of thiophene rings is 1. The van der Waals surface area contributed by atoms with E-state index in [9.17, 15) is 4.79 Å². The highest BCUT2D eigenvalue weighted by atomic mass is 35.5. The minimum Gasteiger partial charge on any atom is -0.336 e. The van der Waals surface area contributed by atoms with E-state index in [1.807, 2.05) is 6.07 Å². The van der Waals surface area contributed by atoms with Crippen LogP contribution in [0.2, 0.25) is 10.0 Å². The molecule has 0 atom stereocenters. The van der Waals surface area contributed by atoms with Crippen molar-refractivity contribution >= 4 is 50.5 Å². The quantitative estimate of drug-likeness (QED) is 0.723. The number of hydrogen-bond donors (Lipinski definition) is 1. The number of benzene rings is 1. The van der Waals surface area contributed by atoms with Gasteiger partial charge in [-0.3, -0.25) is 14.8 Å². The summed E-state index contributed by atoms with van der Waals surface area (Å²) in [6.45, 7) is 1.23. The Kier molecular flexibility index (Phi) is 4.37. The fourth-order valence-corrected chi connectivity index (χ4v) is 5.05. The molecule has 3 aromatic rings. The summed E-state index contributed by atoms with van der Waals surface area (Å²) < 4.78 is 0.932. The average Bonchev–Trinajstić information content (AvgIpc) is 3.03. The molecule has 0 bridgehead atoms. The van der Waals surface area contributed by atoms with Gasteiger partial charge in [0.2, 0.25) is 5.91 Å². The number of nitrogens with zero attached hydrogens (tertiary/aromatic N) is 3. The van der Waals surface area contributed by atoms with Gasteiger partial charge >= 0.3 is 0 Å². The SMILES string of the molecule is NCC(=O)N1CCc2c(sc3c(Cl)c(Cl)cc(-c4cnccn4)c23)C1. The average molecular weight is 393 g/mol. The highest BCUT2D eigenvalue weighted by Crippen LogP contribution is 2.46. The first-order chi connectivity index (χ1) is 12.1. The van der Waals surface area contributed by atoms with E-state index in [0.29, 0.717) is 23.1 Å². The summed E-state index contributed by atoms with van der Waals surface area (Å²) in [4.78, 5) is 23.4. The van der Waals surface area contributed by atoms with Gasteiger partial charge in [0.15, 0.2) is 0 Å². The second-order valence-corrected chi connectivity index (χ2v) is 7.68. The third-order valence-corrected chi connectivity index (χ3v) is 6.51. The van der Waals surface area contributed by atoms with Crippen LogP contribution in [0.5, 0.6) is 0 Å². The standard InChI is InChI=1S/C17H14Cl2N4OS/c18-11-5-10(12-7-21-2-3-22-12)15-9-1-4-23(14(24)6-20)8-13(9)25-17(15)16(11)19/h2-3,5,7H,1,4,6,8,20H2. The van der Waals surface area contributed by atoms with E-state index in [-0.39, 0.29) is 12.5 Å². The van der Waals surface area contributed by atoms with Gasteiger partial charge in [-0.05, 0) is 18.1 Å². The van der Waals surface area contributed by atoms with Crippen LogP contribution >= 0.6 is 34.5 Å². The molecular formula is C17H14Cl2N4OS. The van der Waals surface area contributed by atoms with Crippen LogP contribution in [-0.4, -0.2) is 33.9 Å². The van der Waals surface area contributed by atoms with Gasteiger partial charge in [-0.1, -0.05) is 23.2 Å². The van der Waals surface area contributed by atoms with Crippen molar-refractivity contribution < 1.29 is 4.79 Å². The number of hydrogen-bond acceptors (Lipinski definition) is 5. The Morgan fingerprint density at radius 1 is 1.36 bits per heavy atom. The maximum Gasteiger partial charge on any atom is 0.236 e. The molecule has 3 heterocycles. The van der Waals surface area contributed by atoms with E-state index in [1.54, 1.807) is 34.8 Å². The van der Waals surface area contributed by atoms with Crippen molar-refractivity contribution in [1.29, 1.82) is 0 Å². The van der Waals surface area contributed by atoms with Crippen molar-refractivity contribution in [2.24, 2.45) is 5.73 Å². The molecule has 1 aliphatic heterocycles. The van der Waals surface area contributed by atoms with Crippen molar-refractivity contribution in [2.75, 3.05) is 13.1 Å². The maximum atomic E-state index is 11.9. The van der Waals surface area contributed by atoms with Crippen molar-refractivity contribution in [3.63, 3.8) is 0 Å². The molecule has 0 unspecified atom stereocenters. The number of carbonyl (C=O) groups is 1. The molecule has 0 saturated carbocycles. The lowest BCUT2D eigenvalue weighted by atomic mass is 9.98. The van der Waals surface area contributed by atoms with Gasteiger partial charge in [-0.25, -0.2) is 0 Å². The van der Waals surface area contributed by atoms with Crippen LogP contribution in [-0.2, 0) is 17.8 Å². The van der Waals surface area contributed by atoms with Crippen LogP contribution < -0.4 is 5.73 Å². The Morgan fingerprint density at radius 3 is 2.92 bits per heavy atom. The molecule has 0 radical (unpaired) electrons. The third-order valence-electron chi connectivity index (χ3n) is 4.37. The van der Waals surface area contributed by atoms with Crippen LogP contribution in [0.15, 0.2) is 24.7 Å². The first kappa shape index (κ1) is 16.7. The molecule has 1 amide bonds. The lowest BCUT2D eigenvalue weighted by molar-refractivity contribution is -0.130. The lowest BCUT2D eigenvalue weighted by Crippen LogP contribution is -2.39. The zero-order chi connectivity index (χ0) is 17.6. The van der Waals surface area contributed by atoms with E-state index in [1.165, 1.54) is 5.56 Å². The van der Waals surface area contributed by atoms with Crippen LogP contribution in [0.3, 0.4) is 0 Å². The number of carbonyl (C=O) groups excluding carboxylic acids is 1. The molecule has 2 aromatic heterocycles. The Bertz CT molecular complexity index is 974. The highest BCUT2D eigenvalue weighted by molar-refractivity contribution is 7.20. The second kappa shape index (κ2) is 6.53. The number of rotatable bonds is 2. The first-order valence-electron chi connectivity index (χ1n) is 7.76. The predicted octanol–water partition coefficient (Wildman–Crippen LogP) is 3.51. The van der Waals surface area contributed by atoms with Gasteiger partial charge < -0.3 is 10.6 Å². The summed E-state index contributed by atoms with van der Waals surface area (Å²) in [6, 6.07) is 1.85. The Balaban J connectivity index is 1.93. The number of halogens is 2. The Labute approximate surface area is 158 Å². The maximum absolute atomic E-state index is 11.9. The van der Waals surface area contributed by atoms with E-state index < -0.39 is 0 Å². The predicted molar refractivity (Wildman–Crippen MR) is 101 cm³/mol. The molecule has 1 aliphatic rings. The molecule has 1 aromatic carbocycles. The molecule has 0 saturated heterocycles. The topological polar surface area (TPSA) is 72.1 Å². The van der Waals surface area contributed by atoms with Crippen molar-refractivity contribution in [3.05, 3.63) is 45.1 Å². The Morgan fingerprint density at radius 2 is 2.20 bits per heavy atom. The fourth-order valence-electron chi connectivity index (χ4n) is 3.20. The number of amides is 1. The van der Waals surface area contributed by atoms with Gasteiger partial charge in [0.1, 0.15) is 0 Å². The third kappa shape index (κ3) is 2.79. The normalized spacial score (nSPS) is 14.0. The molecule has 8 heteroatoms. The van der Waals surface area contributed by atoms with Crippen molar-refractivity contribution in [1.82, 2.24) is 14.9 Å². The molecule has 0 fully saturated rings. The van der Waals surface area contributed by atoms with Crippen molar-refractivity contribution in [2.45, 2.75) is 13.0 Å². The van der Waals surface area contributed by atoms with Crippen molar-refractivity contribution in [3.8, 4) is 11.3 Å². The van der Waals surface area contributed by atoms with Gasteiger partial charge in [-0.2, -0.15) is 0 Å².